The van der Waals surface area contributed by atoms with Gasteiger partial charge in [-0.15, -0.1) is 0 Å². The fraction of sp³-hybridized carbons (Fsp3) is 0.267. The van der Waals surface area contributed by atoms with Crippen molar-refractivity contribution in [3.63, 3.8) is 0 Å². The topological polar surface area (TPSA) is 40.5 Å². The minimum atomic E-state index is -0.408. The lowest BCUT2D eigenvalue weighted by Gasteiger charge is -2.10. The molecule has 0 bridgehead atoms. The highest BCUT2D eigenvalue weighted by Gasteiger charge is 2.13. The first kappa shape index (κ1) is 26.9. The Hall–Kier alpha value is -3.10. The minimum absolute atomic E-state index is 0.323. The molecular formula is C30H38O2. The average molecular weight is 431 g/mol. The van der Waals surface area contributed by atoms with Gasteiger partial charge < -0.3 is 10.2 Å². The summed E-state index contributed by atoms with van der Waals surface area (Å²) in [6.07, 6.45) is 3.85. The summed E-state index contributed by atoms with van der Waals surface area (Å²) in [4.78, 5) is 0. The lowest BCUT2D eigenvalue weighted by atomic mass is 9.97. The number of aliphatic hydroxyl groups excluding tert-OH is 1. The van der Waals surface area contributed by atoms with E-state index in [4.69, 9.17) is 5.11 Å². The molecule has 0 heterocycles. The van der Waals surface area contributed by atoms with E-state index < -0.39 is 6.10 Å². The zero-order valence-electron chi connectivity index (χ0n) is 20.6. The van der Waals surface area contributed by atoms with Gasteiger partial charge in [0.25, 0.3) is 0 Å². The second-order valence-electron chi connectivity index (χ2n) is 6.55. The molecule has 2 nitrogen and oxygen atoms in total. The van der Waals surface area contributed by atoms with Crippen LogP contribution in [0, 0.1) is 0 Å². The van der Waals surface area contributed by atoms with Gasteiger partial charge in [0.05, 0.1) is 6.10 Å². The van der Waals surface area contributed by atoms with Crippen molar-refractivity contribution in [1.29, 1.82) is 0 Å². The fourth-order valence-electron chi connectivity index (χ4n) is 3.48. The van der Waals surface area contributed by atoms with Gasteiger partial charge in [0.1, 0.15) is 5.75 Å². The Kier molecular flexibility index (Phi) is 11.8. The molecule has 5 rings (SSSR count). The standard InChI is InChI=1S/C14H12O.C10H8O.3C2H6/c1-9(15)12-8-7-11-6-5-10-3-2-4-13(12)14(10)11;11-10-6-5-8-3-1-2-4-9(8)7-10;3*1-2/h2-9,15H,1H3;1-7,11H;3*1-2H3. The highest BCUT2D eigenvalue weighted by atomic mass is 16.3. The van der Waals surface area contributed by atoms with E-state index in [1.54, 1.807) is 12.1 Å². The molecule has 4 aromatic carbocycles. The maximum atomic E-state index is 9.70. The number of aromatic hydroxyl groups is 1. The number of aliphatic hydroxyl groups is 1. The summed E-state index contributed by atoms with van der Waals surface area (Å²) >= 11 is 0. The van der Waals surface area contributed by atoms with Crippen LogP contribution in [-0.4, -0.2) is 10.2 Å². The quantitative estimate of drug-likeness (QED) is 0.278. The molecule has 0 saturated carbocycles. The van der Waals surface area contributed by atoms with Crippen molar-refractivity contribution >= 4 is 33.7 Å². The van der Waals surface area contributed by atoms with Crippen molar-refractivity contribution in [2.45, 2.75) is 54.6 Å². The summed E-state index contributed by atoms with van der Waals surface area (Å²) in [5, 5.41) is 23.5. The van der Waals surface area contributed by atoms with Gasteiger partial charge >= 0.3 is 0 Å². The molecule has 1 aliphatic rings. The highest BCUT2D eigenvalue weighted by molar-refractivity contribution is 6.06. The third kappa shape index (κ3) is 6.45. The third-order valence-electron chi connectivity index (χ3n) is 4.76. The van der Waals surface area contributed by atoms with Gasteiger partial charge in [0.2, 0.25) is 0 Å². The predicted molar refractivity (Wildman–Crippen MR) is 143 cm³/mol. The van der Waals surface area contributed by atoms with Crippen molar-refractivity contribution < 1.29 is 10.2 Å². The Bertz CT molecular complexity index is 1110. The largest absolute Gasteiger partial charge is 0.508 e. The summed E-state index contributed by atoms with van der Waals surface area (Å²) in [7, 11) is 0. The summed E-state index contributed by atoms with van der Waals surface area (Å²) in [5.41, 5.74) is 3.52. The van der Waals surface area contributed by atoms with Gasteiger partial charge in [-0.25, -0.2) is 0 Å². The lowest BCUT2D eigenvalue weighted by Crippen LogP contribution is -1.93. The van der Waals surface area contributed by atoms with Crippen molar-refractivity contribution in [3.05, 3.63) is 89.5 Å². The number of hydrogen-bond donors (Lipinski definition) is 2. The van der Waals surface area contributed by atoms with Crippen LogP contribution in [-0.2, 0) is 0 Å². The molecular weight excluding hydrogens is 392 g/mol. The molecule has 4 aromatic rings. The molecule has 32 heavy (non-hydrogen) atoms. The van der Waals surface area contributed by atoms with Crippen LogP contribution in [0.4, 0.5) is 0 Å². The predicted octanol–water partition coefficient (Wildman–Crippen LogP) is 9.00. The molecule has 0 amide bonds. The number of benzene rings is 4. The first-order chi connectivity index (χ1) is 15.6. The summed E-state index contributed by atoms with van der Waals surface area (Å²) in [5.74, 6) is 0.323. The van der Waals surface area contributed by atoms with Crippen LogP contribution >= 0.6 is 0 Å². The van der Waals surface area contributed by atoms with Crippen LogP contribution < -0.4 is 0 Å². The van der Waals surface area contributed by atoms with Gasteiger partial charge in [0.15, 0.2) is 0 Å². The molecule has 0 saturated heterocycles. The van der Waals surface area contributed by atoms with E-state index in [-0.39, 0.29) is 0 Å². The Morgan fingerprint density at radius 1 is 0.625 bits per heavy atom. The molecule has 2 heteroatoms. The molecule has 0 aromatic heterocycles. The monoisotopic (exact) mass is 430 g/mol. The zero-order chi connectivity index (χ0) is 24.1. The Balaban J connectivity index is 0.000000267. The van der Waals surface area contributed by atoms with E-state index >= 15 is 0 Å². The van der Waals surface area contributed by atoms with E-state index in [2.05, 4.69) is 30.4 Å². The van der Waals surface area contributed by atoms with E-state index in [0.29, 0.717) is 5.75 Å². The zero-order valence-corrected chi connectivity index (χ0v) is 20.6. The van der Waals surface area contributed by atoms with Crippen molar-refractivity contribution in [3.8, 4) is 5.75 Å². The van der Waals surface area contributed by atoms with E-state index in [9.17, 15) is 5.11 Å². The molecule has 0 radical (unpaired) electrons. The molecule has 2 N–H and O–H groups in total. The molecule has 1 unspecified atom stereocenters. The third-order valence-corrected chi connectivity index (χ3v) is 4.76. The van der Waals surface area contributed by atoms with Crippen LogP contribution in [0.3, 0.4) is 0 Å². The maximum Gasteiger partial charge on any atom is 0.116 e. The number of rotatable bonds is 1. The van der Waals surface area contributed by atoms with Gasteiger partial charge in [-0.1, -0.05) is 114 Å². The van der Waals surface area contributed by atoms with Crippen molar-refractivity contribution in [2.24, 2.45) is 0 Å². The van der Waals surface area contributed by atoms with E-state index in [1.807, 2.05) is 90.9 Å². The van der Waals surface area contributed by atoms with Gasteiger partial charge in [0, 0.05) is 0 Å². The van der Waals surface area contributed by atoms with Crippen molar-refractivity contribution in [2.75, 3.05) is 0 Å². The second kappa shape index (κ2) is 14.1. The number of phenolic OH excluding ortho intramolecular Hbond substituents is 1. The summed E-state index contributed by atoms with van der Waals surface area (Å²) < 4.78 is 0. The Labute approximate surface area is 193 Å². The van der Waals surface area contributed by atoms with Gasteiger partial charge in [-0.2, -0.15) is 0 Å². The van der Waals surface area contributed by atoms with Gasteiger partial charge in [-0.05, 0) is 57.3 Å². The van der Waals surface area contributed by atoms with Crippen LogP contribution in [0.15, 0.2) is 72.8 Å². The fourth-order valence-corrected chi connectivity index (χ4v) is 3.48. The van der Waals surface area contributed by atoms with E-state index in [0.717, 1.165) is 16.3 Å². The maximum absolute atomic E-state index is 9.70. The first-order valence-electron chi connectivity index (χ1n) is 11.7. The van der Waals surface area contributed by atoms with Crippen LogP contribution in [0.2, 0.25) is 0 Å². The van der Waals surface area contributed by atoms with Crippen LogP contribution in [0.1, 0.15) is 71.3 Å². The molecule has 0 spiro atoms. The molecule has 0 aliphatic heterocycles. The minimum Gasteiger partial charge on any atom is -0.508 e. The smallest absolute Gasteiger partial charge is 0.116 e. The summed E-state index contributed by atoms with van der Waals surface area (Å²) in [6.45, 7) is 13.8. The Morgan fingerprint density at radius 3 is 1.84 bits per heavy atom. The molecule has 1 aliphatic carbocycles. The van der Waals surface area contributed by atoms with E-state index in [1.165, 1.54) is 21.9 Å². The molecule has 170 valence electrons. The van der Waals surface area contributed by atoms with Crippen LogP contribution in [0.5, 0.6) is 5.75 Å². The number of phenols is 1. The van der Waals surface area contributed by atoms with Crippen LogP contribution in [0.25, 0.3) is 33.7 Å². The lowest BCUT2D eigenvalue weighted by molar-refractivity contribution is 0.201. The summed E-state index contributed by atoms with van der Waals surface area (Å²) in [6, 6.07) is 23.6. The average Bonchev–Trinajstić information content (AvgIpc) is 3.28. The highest BCUT2D eigenvalue weighted by Crippen LogP contribution is 2.34. The SMILES string of the molecule is CC.CC.CC.CC(O)c1ccc2c3c(cccc13)C=C2.Oc1ccc2ccccc2c1. The Morgan fingerprint density at radius 2 is 1.22 bits per heavy atom. The second-order valence-corrected chi connectivity index (χ2v) is 6.55. The number of fused-ring (bicyclic) bond motifs is 1. The van der Waals surface area contributed by atoms with Crippen molar-refractivity contribution in [1.82, 2.24) is 0 Å². The first-order valence-corrected chi connectivity index (χ1v) is 11.7. The normalized spacial score (nSPS) is 11.0. The molecule has 1 atom stereocenters. The molecule has 0 fully saturated rings. The van der Waals surface area contributed by atoms with Gasteiger partial charge in [-0.3, -0.25) is 0 Å². The number of hydrogen-bond acceptors (Lipinski definition) is 2.